The molecular formula is C13H27NO2S. The van der Waals surface area contributed by atoms with Crippen molar-refractivity contribution in [2.75, 3.05) is 25.1 Å². The van der Waals surface area contributed by atoms with Gasteiger partial charge in [0.1, 0.15) is 9.84 Å². The van der Waals surface area contributed by atoms with Crippen molar-refractivity contribution in [3.8, 4) is 0 Å². The van der Waals surface area contributed by atoms with Crippen LogP contribution in [0.25, 0.3) is 0 Å². The molecule has 0 aromatic carbocycles. The smallest absolute Gasteiger partial charge is 0.150 e. The molecule has 0 aromatic heterocycles. The van der Waals surface area contributed by atoms with Gasteiger partial charge in [-0.1, -0.05) is 32.6 Å². The molecule has 1 unspecified atom stereocenters. The molecule has 1 atom stereocenters. The molecule has 1 fully saturated rings. The monoisotopic (exact) mass is 261 g/mol. The van der Waals surface area contributed by atoms with Gasteiger partial charge in [-0.15, -0.1) is 0 Å². The number of nitrogens with one attached hydrogen (secondary N) is 1. The largest absolute Gasteiger partial charge is 0.319 e. The summed E-state index contributed by atoms with van der Waals surface area (Å²) in [5.74, 6) is 2.16. The van der Waals surface area contributed by atoms with Crippen molar-refractivity contribution < 1.29 is 8.42 Å². The van der Waals surface area contributed by atoms with E-state index < -0.39 is 9.84 Å². The highest BCUT2D eigenvalue weighted by Gasteiger charge is 2.24. The molecule has 1 aliphatic carbocycles. The van der Waals surface area contributed by atoms with Gasteiger partial charge in [0.15, 0.2) is 0 Å². The second-order valence-electron chi connectivity index (χ2n) is 5.24. The molecule has 0 aliphatic heterocycles. The third-order valence-electron chi connectivity index (χ3n) is 4.00. The fourth-order valence-corrected chi connectivity index (χ4v) is 3.80. The van der Waals surface area contributed by atoms with Gasteiger partial charge in [0.25, 0.3) is 0 Å². The predicted octanol–water partition coefficient (Wildman–Crippen LogP) is 2.23. The zero-order valence-electron chi connectivity index (χ0n) is 11.2. The average Bonchev–Trinajstić information content (AvgIpc) is 2.81. The molecule has 0 radical (unpaired) electrons. The zero-order chi connectivity index (χ0) is 12.7. The molecule has 0 heterocycles. The second-order valence-corrected chi connectivity index (χ2v) is 7.71. The van der Waals surface area contributed by atoms with Gasteiger partial charge in [0.05, 0.1) is 5.75 Å². The zero-order valence-corrected chi connectivity index (χ0v) is 12.1. The summed E-state index contributed by atoms with van der Waals surface area (Å²) >= 11 is 0. The van der Waals surface area contributed by atoms with Crippen LogP contribution in [-0.2, 0) is 9.84 Å². The first-order valence-electron chi connectivity index (χ1n) is 6.94. The van der Waals surface area contributed by atoms with E-state index in [-0.39, 0.29) is 5.75 Å². The molecule has 102 valence electrons. The van der Waals surface area contributed by atoms with Crippen LogP contribution in [0.2, 0.25) is 0 Å². The summed E-state index contributed by atoms with van der Waals surface area (Å²) in [7, 11) is -0.783. The topological polar surface area (TPSA) is 46.2 Å². The van der Waals surface area contributed by atoms with Crippen LogP contribution < -0.4 is 5.32 Å². The second kappa shape index (κ2) is 7.37. The fourth-order valence-electron chi connectivity index (χ4n) is 2.91. The SMILES string of the molecule is CCS(=O)(=O)CCCC(CNC)C1CCCC1. The summed E-state index contributed by atoms with van der Waals surface area (Å²) in [6.07, 6.45) is 7.29. The third kappa shape index (κ3) is 5.38. The molecule has 0 saturated heterocycles. The molecular weight excluding hydrogens is 234 g/mol. The Kier molecular flexibility index (Phi) is 6.49. The van der Waals surface area contributed by atoms with Gasteiger partial charge in [-0.05, 0) is 38.3 Å². The summed E-state index contributed by atoms with van der Waals surface area (Å²) in [5.41, 5.74) is 0. The minimum atomic E-state index is -2.77. The highest BCUT2D eigenvalue weighted by Crippen LogP contribution is 2.33. The van der Waals surface area contributed by atoms with Crippen LogP contribution in [0.1, 0.15) is 45.4 Å². The predicted molar refractivity (Wildman–Crippen MR) is 72.9 cm³/mol. The molecule has 0 spiro atoms. The van der Waals surface area contributed by atoms with Crippen molar-refractivity contribution in [2.24, 2.45) is 11.8 Å². The summed E-state index contributed by atoms with van der Waals surface area (Å²) in [6, 6.07) is 0. The molecule has 1 rings (SSSR count). The summed E-state index contributed by atoms with van der Waals surface area (Å²) in [6.45, 7) is 2.77. The third-order valence-corrected chi connectivity index (χ3v) is 5.79. The van der Waals surface area contributed by atoms with E-state index in [0.717, 1.165) is 25.3 Å². The van der Waals surface area contributed by atoms with E-state index in [1.807, 2.05) is 7.05 Å². The maximum atomic E-state index is 11.4. The summed E-state index contributed by atoms with van der Waals surface area (Å²) in [4.78, 5) is 0. The lowest BCUT2D eigenvalue weighted by Gasteiger charge is -2.23. The summed E-state index contributed by atoms with van der Waals surface area (Å²) < 4.78 is 22.9. The van der Waals surface area contributed by atoms with E-state index in [1.165, 1.54) is 25.7 Å². The van der Waals surface area contributed by atoms with Crippen LogP contribution in [0.15, 0.2) is 0 Å². The minimum Gasteiger partial charge on any atom is -0.319 e. The Balaban J connectivity index is 2.34. The standard InChI is InChI=1S/C13H27NO2S/c1-3-17(15,16)10-6-9-13(11-14-2)12-7-4-5-8-12/h12-14H,3-11H2,1-2H3. The van der Waals surface area contributed by atoms with Crippen molar-refractivity contribution in [3.05, 3.63) is 0 Å². The Morgan fingerprint density at radius 3 is 2.47 bits per heavy atom. The van der Waals surface area contributed by atoms with Crippen LogP contribution in [0.3, 0.4) is 0 Å². The number of rotatable bonds is 8. The lowest BCUT2D eigenvalue weighted by molar-refractivity contribution is 0.309. The molecule has 1 N–H and O–H groups in total. The normalized spacial score (nSPS) is 19.6. The van der Waals surface area contributed by atoms with Crippen LogP contribution in [-0.4, -0.2) is 33.5 Å². The van der Waals surface area contributed by atoms with E-state index in [9.17, 15) is 8.42 Å². The van der Waals surface area contributed by atoms with E-state index in [0.29, 0.717) is 11.7 Å². The molecule has 3 nitrogen and oxygen atoms in total. The van der Waals surface area contributed by atoms with Gasteiger partial charge in [0, 0.05) is 5.75 Å². The summed E-state index contributed by atoms with van der Waals surface area (Å²) in [5, 5.41) is 3.26. The molecule has 1 saturated carbocycles. The first-order chi connectivity index (χ1) is 8.09. The van der Waals surface area contributed by atoms with Gasteiger partial charge in [-0.2, -0.15) is 0 Å². The van der Waals surface area contributed by atoms with Crippen molar-refractivity contribution >= 4 is 9.84 Å². The number of hydrogen-bond acceptors (Lipinski definition) is 3. The Labute approximate surface area is 106 Å². The van der Waals surface area contributed by atoms with Crippen molar-refractivity contribution in [3.63, 3.8) is 0 Å². The van der Waals surface area contributed by atoms with Crippen molar-refractivity contribution in [2.45, 2.75) is 45.4 Å². The first kappa shape index (κ1) is 15.0. The quantitative estimate of drug-likeness (QED) is 0.729. The van der Waals surface area contributed by atoms with Gasteiger partial charge < -0.3 is 5.32 Å². The maximum absolute atomic E-state index is 11.4. The Bertz CT molecular complexity index is 295. The van der Waals surface area contributed by atoms with E-state index in [2.05, 4.69) is 5.32 Å². The van der Waals surface area contributed by atoms with E-state index in [4.69, 9.17) is 0 Å². The minimum absolute atomic E-state index is 0.285. The molecule has 17 heavy (non-hydrogen) atoms. The van der Waals surface area contributed by atoms with E-state index in [1.54, 1.807) is 6.92 Å². The number of sulfone groups is 1. The highest BCUT2D eigenvalue weighted by molar-refractivity contribution is 7.91. The van der Waals surface area contributed by atoms with Crippen molar-refractivity contribution in [1.29, 1.82) is 0 Å². The van der Waals surface area contributed by atoms with Crippen LogP contribution in [0.5, 0.6) is 0 Å². The average molecular weight is 261 g/mol. The van der Waals surface area contributed by atoms with Gasteiger partial charge in [0.2, 0.25) is 0 Å². The van der Waals surface area contributed by atoms with Crippen LogP contribution >= 0.6 is 0 Å². The van der Waals surface area contributed by atoms with Crippen molar-refractivity contribution in [1.82, 2.24) is 5.32 Å². The van der Waals surface area contributed by atoms with E-state index >= 15 is 0 Å². The van der Waals surface area contributed by atoms with Gasteiger partial charge in [-0.3, -0.25) is 0 Å². The lowest BCUT2D eigenvalue weighted by atomic mass is 9.87. The molecule has 0 aromatic rings. The maximum Gasteiger partial charge on any atom is 0.150 e. The Morgan fingerprint density at radius 2 is 1.94 bits per heavy atom. The van der Waals surface area contributed by atoms with Gasteiger partial charge >= 0.3 is 0 Å². The van der Waals surface area contributed by atoms with Crippen LogP contribution in [0.4, 0.5) is 0 Å². The fraction of sp³-hybridized carbons (Fsp3) is 1.00. The Hall–Kier alpha value is -0.0900. The molecule has 1 aliphatic rings. The lowest BCUT2D eigenvalue weighted by Crippen LogP contribution is -2.25. The molecule has 0 amide bonds. The first-order valence-corrected chi connectivity index (χ1v) is 8.76. The molecule has 0 bridgehead atoms. The molecule has 4 heteroatoms. The highest BCUT2D eigenvalue weighted by atomic mass is 32.2. The van der Waals surface area contributed by atoms with Crippen LogP contribution in [0, 0.1) is 11.8 Å². The Morgan fingerprint density at radius 1 is 1.29 bits per heavy atom. The number of hydrogen-bond donors (Lipinski definition) is 1. The van der Waals surface area contributed by atoms with Gasteiger partial charge in [-0.25, -0.2) is 8.42 Å².